The molecule has 3 heteroatoms. The topological polar surface area (TPSA) is 36.0 Å². The Labute approximate surface area is 87.3 Å². The molecular weight excluding hydrogens is 194 g/mol. The van der Waals surface area contributed by atoms with Crippen molar-refractivity contribution in [1.29, 1.82) is 0 Å². The highest BCUT2D eigenvalue weighted by molar-refractivity contribution is 7.99. The number of aromatic amines is 1. The van der Waals surface area contributed by atoms with Crippen molar-refractivity contribution < 1.29 is 5.11 Å². The first-order valence-electron chi connectivity index (χ1n) is 4.71. The molecule has 0 atom stereocenters. The van der Waals surface area contributed by atoms with E-state index in [0.29, 0.717) is 0 Å². The van der Waals surface area contributed by atoms with Gasteiger partial charge in [0.1, 0.15) is 0 Å². The second-order valence-electron chi connectivity index (χ2n) is 3.15. The summed E-state index contributed by atoms with van der Waals surface area (Å²) < 4.78 is 0. The average Bonchev–Trinajstić information content (AvgIpc) is 2.60. The molecule has 0 amide bonds. The lowest BCUT2D eigenvalue weighted by Gasteiger charge is -1.94. The lowest BCUT2D eigenvalue weighted by molar-refractivity contribution is 0.296. The highest BCUT2D eigenvalue weighted by atomic mass is 32.2. The maximum absolute atomic E-state index is 8.66. The average molecular weight is 207 g/mol. The Bertz CT molecular complexity index is 377. The predicted octanol–water partition coefficient (Wildman–Crippen LogP) is 2.64. The number of para-hydroxylation sites is 1. The van der Waals surface area contributed by atoms with Crippen molar-refractivity contribution in [2.24, 2.45) is 0 Å². The highest BCUT2D eigenvalue weighted by Crippen LogP contribution is 2.23. The molecule has 2 N–H and O–H groups in total. The van der Waals surface area contributed by atoms with Crippen molar-refractivity contribution in [2.45, 2.75) is 11.4 Å². The van der Waals surface area contributed by atoms with Gasteiger partial charge in [-0.3, -0.25) is 0 Å². The van der Waals surface area contributed by atoms with Crippen molar-refractivity contribution in [3.8, 4) is 0 Å². The van der Waals surface area contributed by atoms with Gasteiger partial charge in [0, 0.05) is 23.3 Å². The number of aromatic nitrogens is 1. The fraction of sp³-hybridized carbons (Fsp3) is 0.273. The molecule has 0 radical (unpaired) electrons. The third kappa shape index (κ3) is 2.11. The summed E-state index contributed by atoms with van der Waals surface area (Å²) in [5.74, 6) is 0.962. The van der Waals surface area contributed by atoms with Gasteiger partial charge in [-0.15, -0.1) is 11.8 Å². The molecule has 0 bridgehead atoms. The maximum Gasteiger partial charge on any atom is 0.0732 e. The second-order valence-corrected chi connectivity index (χ2v) is 4.28. The van der Waals surface area contributed by atoms with E-state index in [4.69, 9.17) is 5.11 Å². The zero-order chi connectivity index (χ0) is 9.80. The molecule has 2 aromatic rings. The van der Waals surface area contributed by atoms with Gasteiger partial charge < -0.3 is 10.1 Å². The number of aliphatic hydroxyl groups excluding tert-OH is 1. The van der Waals surface area contributed by atoms with Gasteiger partial charge in [-0.25, -0.2) is 0 Å². The zero-order valence-corrected chi connectivity index (χ0v) is 8.68. The van der Waals surface area contributed by atoms with Crippen LogP contribution in [0.15, 0.2) is 35.4 Å². The molecule has 14 heavy (non-hydrogen) atoms. The van der Waals surface area contributed by atoms with Crippen molar-refractivity contribution >= 4 is 22.7 Å². The number of benzene rings is 1. The fourth-order valence-corrected chi connectivity index (χ4v) is 2.26. The molecule has 2 nitrogen and oxygen atoms in total. The van der Waals surface area contributed by atoms with Gasteiger partial charge in [0.05, 0.1) is 5.03 Å². The monoisotopic (exact) mass is 207 g/mol. The minimum absolute atomic E-state index is 0.271. The molecule has 74 valence electrons. The van der Waals surface area contributed by atoms with E-state index in [-0.39, 0.29) is 6.61 Å². The van der Waals surface area contributed by atoms with E-state index in [9.17, 15) is 0 Å². The summed E-state index contributed by atoms with van der Waals surface area (Å²) in [6.07, 6.45) is 0.847. The zero-order valence-electron chi connectivity index (χ0n) is 7.86. The Morgan fingerprint density at radius 3 is 2.93 bits per heavy atom. The number of fused-ring (bicyclic) bond motifs is 1. The standard InChI is InChI=1S/C11H13NOS/c13-6-3-7-14-11-8-9-4-1-2-5-10(9)12-11/h1-2,4-5,8,12-13H,3,6-7H2. The molecule has 0 aliphatic heterocycles. The van der Waals surface area contributed by atoms with Crippen LogP contribution in [-0.4, -0.2) is 22.5 Å². The summed E-state index contributed by atoms with van der Waals surface area (Å²) in [7, 11) is 0. The molecule has 0 saturated carbocycles. The number of aliphatic hydroxyl groups is 1. The van der Waals surface area contributed by atoms with Crippen molar-refractivity contribution in [1.82, 2.24) is 4.98 Å². The largest absolute Gasteiger partial charge is 0.396 e. The smallest absolute Gasteiger partial charge is 0.0732 e. The first-order valence-corrected chi connectivity index (χ1v) is 5.70. The van der Waals surface area contributed by atoms with Gasteiger partial charge in [-0.2, -0.15) is 0 Å². The van der Waals surface area contributed by atoms with Crippen LogP contribution in [0, 0.1) is 0 Å². The quantitative estimate of drug-likeness (QED) is 0.597. The second kappa shape index (κ2) is 4.53. The van der Waals surface area contributed by atoms with Crippen molar-refractivity contribution in [3.05, 3.63) is 30.3 Å². The van der Waals surface area contributed by atoms with Crippen molar-refractivity contribution in [2.75, 3.05) is 12.4 Å². The van der Waals surface area contributed by atoms with Crippen LogP contribution in [-0.2, 0) is 0 Å². The molecule has 0 saturated heterocycles. The van der Waals surface area contributed by atoms with Gasteiger partial charge in [-0.05, 0) is 18.6 Å². The number of thioether (sulfide) groups is 1. The molecule has 1 aromatic heterocycles. The van der Waals surface area contributed by atoms with Gasteiger partial charge in [-0.1, -0.05) is 18.2 Å². The molecule has 2 rings (SSSR count). The lowest BCUT2D eigenvalue weighted by Crippen LogP contribution is -1.84. The van der Waals surface area contributed by atoms with E-state index in [0.717, 1.165) is 12.2 Å². The minimum atomic E-state index is 0.271. The number of H-pyrrole nitrogens is 1. The summed E-state index contributed by atoms with van der Waals surface area (Å²) in [6, 6.07) is 10.4. The first kappa shape index (κ1) is 9.62. The summed E-state index contributed by atoms with van der Waals surface area (Å²) in [5, 5.41) is 11.1. The lowest BCUT2D eigenvalue weighted by atomic mass is 10.3. The molecule has 0 fully saturated rings. The van der Waals surface area contributed by atoms with Crippen LogP contribution in [0.2, 0.25) is 0 Å². The Kier molecular flexibility index (Phi) is 3.11. The molecule has 0 unspecified atom stereocenters. The Morgan fingerprint density at radius 1 is 1.29 bits per heavy atom. The number of hydrogen-bond acceptors (Lipinski definition) is 2. The number of hydrogen-bond donors (Lipinski definition) is 2. The van der Waals surface area contributed by atoms with Crippen LogP contribution in [0.1, 0.15) is 6.42 Å². The number of nitrogens with one attached hydrogen (secondary N) is 1. The summed E-state index contributed by atoms with van der Waals surface area (Å²) in [6.45, 7) is 0.271. The summed E-state index contributed by atoms with van der Waals surface area (Å²) in [5.41, 5.74) is 1.18. The van der Waals surface area contributed by atoms with Crippen LogP contribution >= 0.6 is 11.8 Å². The van der Waals surface area contributed by atoms with Gasteiger partial charge in [0.25, 0.3) is 0 Å². The third-order valence-electron chi connectivity index (χ3n) is 2.07. The van der Waals surface area contributed by atoms with E-state index in [1.807, 2.05) is 12.1 Å². The van der Waals surface area contributed by atoms with Gasteiger partial charge in [0.15, 0.2) is 0 Å². The molecular formula is C11H13NOS. The van der Waals surface area contributed by atoms with Gasteiger partial charge >= 0.3 is 0 Å². The van der Waals surface area contributed by atoms with Gasteiger partial charge in [0.2, 0.25) is 0 Å². The van der Waals surface area contributed by atoms with E-state index in [2.05, 4.69) is 23.2 Å². The predicted molar refractivity (Wildman–Crippen MR) is 60.7 cm³/mol. The van der Waals surface area contributed by atoms with E-state index in [1.54, 1.807) is 11.8 Å². The van der Waals surface area contributed by atoms with E-state index >= 15 is 0 Å². The molecule has 0 aliphatic rings. The van der Waals surface area contributed by atoms with Crippen molar-refractivity contribution in [3.63, 3.8) is 0 Å². The molecule has 0 spiro atoms. The van der Waals surface area contributed by atoms with Crippen LogP contribution in [0.25, 0.3) is 10.9 Å². The summed E-state index contributed by atoms with van der Waals surface area (Å²) >= 11 is 1.76. The molecule has 1 aromatic carbocycles. The summed E-state index contributed by atoms with van der Waals surface area (Å²) in [4.78, 5) is 3.34. The molecule has 0 aliphatic carbocycles. The van der Waals surface area contributed by atoms with Crippen LogP contribution in [0.4, 0.5) is 0 Å². The van der Waals surface area contributed by atoms with Crippen LogP contribution in [0.3, 0.4) is 0 Å². The Hall–Kier alpha value is -0.930. The Balaban J connectivity index is 2.11. The van der Waals surface area contributed by atoms with Crippen LogP contribution in [0.5, 0.6) is 0 Å². The highest BCUT2D eigenvalue weighted by Gasteiger charge is 1.99. The Morgan fingerprint density at radius 2 is 2.14 bits per heavy atom. The van der Waals surface area contributed by atoms with Crippen LogP contribution < -0.4 is 0 Å². The normalized spacial score (nSPS) is 10.9. The van der Waals surface area contributed by atoms with E-state index in [1.165, 1.54) is 15.9 Å². The minimum Gasteiger partial charge on any atom is -0.396 e. The maximum atomic E-state index is 8.66. The van der Waals surface area contributed by atoms with E-state index < -0.39 is 0 Å². The fourth-order valence-electron chi connectivity index (χ4n) is 1.37. The SMILES string of the molecule is OCCCSc1cc2ccccc2[nH]1. The number of rotatable bonds is 4. The molecule has 1 heterocycles. The third-order valence-corrected chi connectivity index (χ3v) is 3.09. The first-order chi connectivity index (χ1) is 6.90.